The first-order valence-corrected chi connectivity index (χ1v) is 7.02. The molecule has 0 spiro atoms. The summed E-state index contributed by atoms with van der Waals surface area (Å²) in [7, 11) is 0. The number of anilines is 1. The van der Waals surface area contributed by atoms with E-state index >= 15 is 0 Å². The van der Waals surface area contributed by atoms with Gasteiger partial charge < -0.3 is 15.5 Å². The van der Waals surface area contributed by atoms with Gasteiger partial charge in [-0.2, -0.15) is 0 Å². The Hall–Kier alpha value is -2.63. The number of rotatable bonds is 4. The second-order valence-electron chi connectivity index (χ2n) is 5.71. The molecule has 6 heteroatoms. The van der Waals surface area contributed by atoms with Crippen molar-refractivity contribution in [2.75, 3.05) is 5.32 Å². The highest BCUT2D eigenvalue weighted by atomic mass is 16.4. The molecule has 2 bridgehead atoms. The molecule has 3 rings (SSSR count). The normalized spacial score (nSPS) is 28.5. The maximum atomic E-state index is 12.4. The molecular formula is C16H15NO5. The number of benzene rings is 1. The van der Waals surface area contributed by atoms with Crippen LogP contribution in [0.25, 0.3) is 0 Å². The lowest BCUT2D eigenvalue weighted by Gasteiger charge is -2.23. The van der Waals surface area contributed by atoms with Gasteiger partial charge in [-0.3, -0.25) is 9.59 Å². The minimum atomic E-state index is -1.08. The second-order valence-corrected chi connectivity index (χ2v) is 5.71. The van der Waals surface area contributed by atoms with Crippen LogP contribution in [0.15, 0.2) is 36.4 Å². The Bertz CT molecular complexity index is 681. The summed E-state index contributed by atoms with van der Waals surface area (Å²) >= 11 is 0. The van der Waals surface area contributed by atoms with Gasteiger partial charge in [0.1, 0.15) is 0 Å². The third-order valence-corrected chi connectivity index (χ3v) is 4.42. The Morgan fingerprint density at radius 1 is 1.05 bits per heavy atom. The van der Waals surface area contributed by atoms with Crippen LogP contribution in [0.2, 0.25) is 0 Å². The monoisotopic (exact) mass is 301 g/mol. The molecule has 22 heavy (non-hydrogen) atoms. The van der Waals surface area contributed by atoms with Crippen molar-refractivity contribution in [3.8, 4) is 0 Å². The molecular weight excluding hydrogens is 286 g/mol. The van der Waals surface area contributed by atoms with Crippen molar-refractivity contribution in [1.82, 2.24) is 0 Å². The van der Waals surface area contributed by atoms with Gasteiger partial charge in [0.15, 0.2) is 0 Å². The van der Waals surface area contributed by atoms with E-state index < -0.39 is 23.8 Å². The van der Waals surface area contributed by atoms with Gasteiger partial charge in [-0.25, -0.2) is 4.79 Å². The quantitative estimate of drug-likeness (QED) is 0.736. The van der Waals surface area contributed by atoms with Crippen LogP contribution in [0.5, 0.6) is 0 Å². The molecule has 1 fully saturated rings. The van der Waals surface area contributed by atoms with E-state index in [9.17, 15) is 19.5 Å². The van der Waals surface area contributed by atoms with Crippen molar-refractivity contribution in [3.05, 3.63) is 42.0 Å². The minimum Gasteiger partial charge on any atom is -0.481 e. The number of carboxylic acids is 2. The lowest BCUT2D eigenvalue weighted by molar-refractivity contribution is -0.146. The van der Waals surface area contributed by atoms with Gasteiger partial charge in [-0.15, -0.1) is 0 Å². The molecule has 0 aliphatic heterocycles. The number of carbonyl (C=O) groups excluding carboxylic acids is 1. The smallest absolute Gasteiger partial charge is 0.335 e. The summed E-state index contributed by atoms with van der Waals surface area (Å²) < 4.78 is 0. The van der Waals surface area contributed by atoms with E-state index in [2.05, 4.69) is 5.32 Å². The number of hydrogen-bond acceptors (Lipinski definition) is 3. The van der Waals surface area contributed by atoms with Crippen molar-refractivity contribution in [1.29, 1.82) is 0 Å². The molecule has 1 aromatic rings. The van der Waals surface area contributed by atoms with Crippen LogP contribution in [-0.4, -0.2) is 28.1 Å². The molecule has 0 unspecified atom stereocenters. The summed E-state index contributed by atoms with van der Waals surface area (Å²) in [6, 6.07) is 5.91. The lowest BCUT2D eigenvalue weighted by Crippen LogP contribution is -2.36. The molecule has 2 aliphatic rings. The van der Waals surface area contributed by atoms with Crippen LogP contribution in [0.3, 0.4) is 0 Å². The van der Waals surface area contributed by atoms with Crippen molar-refractivity contribution in [2.24, 2.45) is 23.7 Å². The molecule has 0 heterocycles. The maximum absolute atomic E-state index is 12.4. The van der Waals surface area contributed by atoms with Crippen molar-refractivity contribution in [2.45, 2.75) is 6.42 Å². The van der Waals surface area contributed by atoms with Gasteiger partial charge >= 0.3 is 11.9 Å². The second kappa shape index (κ2) is 5.29. The largest absolute Gasteiger partial charge is 0.481 e. The molecule has 2 aliphatic carbocycles. The topological polar surface area (TPSA) is 104 Å². The average Bonchev–Trinajstić information content (AvgIpc) is 3.07. The van der Waals surface area contributed by atoms with E-state index in [1.807, 2.05) is 12.2 Å². The number of aromatic carboxylic acids is 1. The first kappa shape index (κ1) is 14.3. The van der Waals surface area contributed by atoms with Crippen LogP contribution < -0.4 is 5.32 Å². The Kier molecular flexibility index (Phi) is 3.44. The molecule has 1 saturated carbocycles. The van der Waals surface area contributed by atoms with Gasteiger partial charge in [-0.05, 0) is 36.5 Å². The van der Waals surface area contributed by atoms with Crippen LogP contribution in [0.4, 0.5) is 5.69 Å². The predicted octanol–water partition coefficient (Wildman–Crippen LogP) is 1.85. The summed E-state index contributed by atoms with van der Waals surface area (Å²) in [6.45, 7) is 0. The van der Waals surface area contributed by atoms with Gasteiger partial charge in [0.25, 0.3) is 0 Å². The van der Waals surface area contributed by atoms with Crippen molar-refractivity contribution in [3.63, 3.8) is 0 Å². The van der Waals surface area contributed by atoms with Gasteiger partial charge in [0.2, 0.25) is 5.91 Å². The summed E-state index contributed by atoms with van der Waals surface area (Å²) in [5.74, 6) is -3.89. The Balaban J connectivity index is 1.80. The Morgan fingerprint density at radius 3 is 2.36 bits per heavy atom. The summed E-state index contributed by atoms with van der Waals surface area (Å²) in [5, 5.41) is 21.0. The SMILES string of the molecule is O=C(O)c1cccc(NC(=O)[C@H]2[C@@H](C(=O)O)[C@H]3C=C[C@@H]2C3)c1. The molecule has 0 saturated heterocycles. The molecule has 3 N–H and O–H groups in total. The Labute approximate surface area is 126 Å². The molecule has 1 amide bonds. The highest BCUT2D eigenvalue weighted by Gasteiger charge is 2.51. The molecule has 1 aromatic carbocycles. The molecule has 6 nitrogen and oxygen atoms in total. The average molecular weight is 301 g/mol. The first-order chi connectivity index (χ1) is 10.5. The number of carbonyl (C=O) groups is 3. The van der Waals surface area contributed by atoms with Crippen molar-refractivity contribution < 1.29 is 24.6 Å². The molecule has 4 atom stereocenters. The lowest BCUT2D eigenvalue weighted by atomic mass is 9.82. The highest BCUT2D eigenvalue weighted by molar-refractivity contribution is 5.97. The number of hydrogen-bond donors (Lipinski definition) is 3. The fourth-order valence-electron chi connectivity index (χ4n) is 3.47. The fourth-order valence-corrected chi connectivity index (χ4v) is 3.47. The molecule has 114 valence electrons. The summed E-state index contributed by atoms with van der Waals surface area (Å²) in [6.07, 6.45) is 4.46. The standard InChI is InChI=1S/C16H15NO5/c18-14(17-11-3-1-2-10(7-11)15(19)20)12-8-4-5-9(6-8)13(12)16(21)22/h1-5,7-9,12-13H,6H2,(H,17,18)(H,19,20)(H,21,22)/t8-,9+,12-,13+/m1/s1. The molecule has 0 radical (unpaired) electrons. The maximum Gasteiger partial charge on any atom is 0.335 e. The van der Waals surface area contributed by atoms with Crippen molar-refractivity contribution >= 4 is 23.5 Å². The zero-order valence-electron chi connectivity index (χ0n) is 11.6. The number of carboxylic acid groups (broad SMARTS) is 2. The number of nitrogens with one attached hydrogen (secondary N) is 1. The van der Waals surface area contributed by atoms with E-state index in [-0.39, 0.29) is 23.3 Å². The van der Waals surface area contributed by atoms with Gasteiger partial charge in [0.05, 0.1) is 17.4 Å². The van der Waals surface area contributed by atoms with Gasteiger partial charge in [-0.1, -0.05) is 18.2 Å². The van der Waals surface area contributed by atoms with E-state index in [0.717, 1.165) is 0 Å². The van der Waals surface area contributed by atoms with Crippen LogP contribution in [0.1, 0.15) is 16.8 Å². The number of aliphatic carboxylic acids is 1. The van der Waals surface area contributed by atoms with Crippen LogP contribution in [0, 0.1) is 23.7 Å². The minimum absolute atomic E-state index is 0.0613. The van der Waals surface area contributed by atoms with Crippen LogP contribution in [-0.2, 0) is 9.59 Å². The number of fused-ring (bicyclic) bond motifs is 2. The third-order valence-electron chi connectivity index (χ3n) is 4.42. The number of amides is 1. The van der Waals surface area contributed by atoms with Crippen LogP contribution >= 0.6 is 0 Å². The zero-order chi connectivity index (χ0) is 15.9. The first-order valence-electron chi connectivity index (χ1n) is 7.02. The zero-order valence-corrected chi connectivity index (χ0v) is 11.6. The fraction of sp³-hybridized carbons (Fsp3) is 0.312. The van der Waals surface area contributed by atoms with Gasteiger partial charge in [0, 0.05) is 5.69 Å². The third kappa shape index (κ3) is 2.36. The predicted molar refractivity (Wildman–Crippen MR) is 77.4 cm³/mol. The number of allylic oxidation sites excluding steroid dienone is 2. The highest BCUT2D eigenvalue weighted by Crippen LogP contribution is 2.48. The van der Waals surface area contributed by atoms with E-state index in [4.69, 9.17) is 5.11 Å². The summed E-state index contributed by atoms with van der Waals surface area (Å²) in [5.41, 5.74) is 0.432. The van der Waals surface area contributed by atoms with E-state index in [0.29, 0.717) is 12.1 Å². The van der Waals surface area contributed by atoms with E-state index in [1.165, 1.54) is 18.2 Å². The summed E-state index contributed by atoms with van der Waals surface area (Å²) in [4.78, 5) is 34.8. The Morgan fingerprint density at radius 2 is 1.73 bits per heavy atom. The molecule has 0 aromatic heterocycles. The van der Waals surface area contributed by atoms with E-state index in [1.54, 1.807) is 6.07 Å².